The number of hydrogen-bond donors (Lipinski definition) is 3. The number of ether oxygens (including phenoxy) is 1. The summed E-state index contributed by atoms with van der Waals surface area (Å²) in [6, 6.07) is 16.5. The Kier molecular flexibility index (Phi) is 6.02. The van der Waals surface area contributed by atoms with Gasteiger partial charge >= 0.3 is 0 Å². The van der Waals surface area contributed by atoms with Gasteiger partial charge in [-0.05, 0) is 61.5 Å². The van der Waals surface area contributed by atoms with Gasteiger partial charge in [0.1, 0.15) is 0 Å². The van der Waals surface area contributed by atoms with Crippen LogP contribution in [0.4, 0.5) is 5.69 Å². The van der Waals surface area contributed by atoms with Gasteiger partial charge in [0, 0.05) is 24.3 Å². The molecule has 0 bridgehead atoms. The highest BCUT2D eigenvalue weighted by molar-refractivity contribution is 5.75. The first-order chi connectivity index (χ1) is 14.1. The first-order valence-electron chi connectivity index (χ1n) is 10.5. The smallest absolute Gasteiger partial charge is 0.190 e. The number of nitrogens with two attached hydrogens (primary N) is 2. The summed E-state index contributed by atoms with van der Waals surface area (Å²) < 4.78 is 6.36. The standard InChI is InChI=1S/C23H31N5O/c24-20-6-3-4-18(14-20)15-27-11-8-17(9-12-27)16-29-22-21-7-2-1-5-19(21)10-13-28(22)23(25)26/h1-7,14,17,22H,8-13,15-16,24H2,(H3,25,26). The van der Waals surface area contributed by atoms with Gasteiger partial charge in [-0.1, -0.05) is 36.4 Å². The summed E-state index contributed by atoms with van der Waals surface area (Å²) in [5.41, 5.74) is 16.3. The van der Waals surface area contributed by atoms with Crippen molar-refractivity contribution in [3.63, 3.8) is 0 Å². The first-order valence-corrected chi connectivity index (χ1v) is 10.5. The Morgan fingerprint density at radius 1 is 1.07 bits per heavy atom. The van der Waals surface area contributed by atoms with Crippen LogP contribution in [0.25, 0.3) is 0 Å². The molecule has 1 fully saturated rings. The first kappa shape index (κ1) is 19.7. The molecule has 1 saturated heterocycles. The number of benzene rings is 2. The van der Waals surface area contributed by atoms with Gasteiger partial charge in [0.05, 0.1) is 6.61 Å². The van der Waals surface area contributed by atoms with Crippen molar-refractivity contribution in [1.29, 1.82) is 5.41 Å². The highest BCUT2D eigenvalue weighted by atomic mass is 16.5. The van der Waals surface area contributed by atoms with E-state index in [1.54, 1.807) is 0 Å². The van der Waals surface area contributed by atoms with E-state index >= 15 is 0 Å². The number of guanidine groups is 1. The lowest BCUT2D eigenvalue weighted by Gasteiger charge is -2.39. The minimum absolute atomic E-state index is 0.0847. The van der Waals surface area contributed by atoms with Crippen molar-refractivity contribution in [2.24, 2.45) is 11.7 Å². The second-order valence-corrected chi connectivity index (χ2v) is 8.18. The van der Waals surface area contributed by atoms with E-state index in [1.165, 1.54) is 11.1 Å². The van der Waals surface area contributed by atoms with Crippen LogP contribution in [0, 0.1) is 11.3 Å². The molecule has 6 heteroatoms. The highest BCUT2D eigenvalue weighted by Gasteiger charge is 2.30. The number of fused-ring (bicyclic) bond motifs is 1. The highest BCUT2D eigenvalue weighted by Crippen LogP contribution is 2.31. The van der Waals surface area contributed by atoms with E-state index in [9.17, 15) is 0 Å². The van der Waals surface area contributed by atoms with Crippen LogP contribution in [0.3, 0.4) is 0 Å². The molecule has 0 saturated carbocycles. The maximum absolute atomic E-state index is 7.94. The number of nitrogens with one attached hydrogen (secondary N) is 1. The summed E-state index contributed by atoms with van der Waals surface area (Å²) in [5.74, 6) is 0.622. The average molecular weight is 394 g/mol. The maximum Gasteiger partial charge on any atom is 0.190 e. The SMILES string of the molecule is N=C(N)N1CCc2ccccc2C1OCC1CCN(Cc2cccc(N)c2)CC1. The van der Waals surface area contributed by atoms with Crippen molar-refractivity contribution in [2.45, 2.75) is 32.0 Å². The minimum atomic E-state index is -0.247. The third-order valence-corrected chi connectivity index (χ3v) is 6.09. The van der Waals surface area contributed by atoms with Crippen molar-refractivity contribution in [3.05, 3.63) is 65.2 Å². The number of hydrogen-bond acceptors (Lipinski definition) is 4. The largest absolute Gasteiger partial charge is 0.399 e. The average Bonchev–Trinajstić information content (AvgIpc) is 2.73. The number of rotatable bonds is 5. The zero-order valence-corrected chi connectivity index (χ0v) is 16.9. The van der Waals surface area contributed by atoms with Gasteiger partial charge in [0.15, 0.2) is 12.2 Å². The second kappa shape index (κ2) is 8.84. The molecule has 1 unspecified atom stereocenters. The summed E-state index contributed by atoms with van der Waals surface area (Å²) in [6.07, 6.45) is 2.90. The molecule has 2 aromatic carbocycles. The van der Waals surface area contributed by atoms with Crippen molar-refractivity contribution < 1.29 is 4.74 Å². The van der Waals surface area contributed by atoms with Crippen LogP contribution in [0.15, 0.2) is 48.5 Å². The Bertz CT molecular complexity index is 847. The fourth-order valence-electron chi connectivity index (χ4n) is 4.44. The van der Waals surface area contributed by atoms with Crippen LogP contribution in [0.1, 0.15) is 35.8 Å². The molecule has 2 heterocycles. The van der Waals surface area contributed by atoms with Crippen LogP contribution >= 0.6 is 0 Å². The molecule has 0 aromatic heterocycles. The molecule has 2 aliphatic rings. The second-order valence-electron chi connectivity index (χ2n) is 8.18. The van der Waals surface area contributed by atoms with Gasteiger partial charge in [0.2, 0.25) is 0 Å². The molecule has 29 heavy (non-hydrogen) atoms. The van der Waals surface area contributed by atoms with E-state index < -0.39 is 0 Å². The normalized spacial score (nSPS) is 20.4. The summed E-state index contributed by atoms with van der Waals surface area (Å²) in [4.78, 5) is 4.36. The van der Waals surface area contributed by atoms with E-state index in [0.29, 0.717) is 12.5 Å². The number of nitrogen functional groups attached to an aromatic ring is 1. The minimum Gasteiger partial charge on any atom is -0.399 e. The van der Waals surface area contributed by atoms with Crippen LogP contribution < -0.4 is 11.5 Å². The number of piperidine rings is 1. The predicted octanol–water partition coefficient (Wildman–Crippen LogP) is 2.95. The van der Waals surface area contributed by atoms with Crippen LogP contribution in [0.5, 0.6) is 0 Å². The van der Waals surface area contributed by atoms with Gasteiger partial charge in [-0.25, -0.2) is 0 Å². The van der Waals surface area contributed by atoms with Crippen molar-refractivity contribution in [1.82, 2.24) is 9.80 Å². The topological polar surface area (TPSA) is 91.6 Å². The van der Waals surface area contributed by atoms with Gasteiger partial charge in [0.25, 0.3) is 0 Å². The molecule has 2 aliphatic heterocycles. The van der Waals surface area contributed by atoms with E-state index in [4.69, 9.17) is 21.6 Å². The van der Waals surface area contributed by atoms with E-state index in [0.717, 1.165) is 56.7 Å². The molecule has 5 N–H and O–H groups in total. The molecule has 4 rings (SSSR count). The fourth-order valence-corrected chi connectivity index (χ4v) is 4.44. The Morgan fingerprint density at radius 2 is 1.86 bits per heavy atom. The Balaban J connectivity index is 1.32. The van der Waals surface area contributed by atoms with Crippen LogP contribution in [0.2, 0.25) is 0 Å². The number of likely N-dealkylation sites (tertiary alicyclic amines) is 1. The molecule has 0 radical (unpaired) electrons. The summed E-state index contributed by atoms with van der Waals surface area (Å²) in [7, 11) is 0. The zero-order chi connectivity index (χ0) is 20.2. The lowest BCUT2D eigenvalue weighted by molar-refractivity contribution is -0.0577. The fraction of sp³-hybridized carbons (Fsp3) is 0.435. The van der Waals surface area contributed by atoms with E-state index in [-0.39, 0.29) is 12.2 Å². The Hall–Kier alpha value is -2.57. The molecule has 154 valence electrons. The maximum atomic E-state index is 7.94. The Labute approximate surface area is 172 Å². The summed E-state index contributed by atoms with van der Waals surface area (Å²) >= 11 is 0. The third kappa shape index (κ3) is 4.71. The number of anilines is 1. The Morgan fingerprint density at radius 3 is 2.62 bits per heavy atom. The van der Waals surface area contributed by atoms with Gasteiger partial charge in [-0.3, -0.25) is 10.3 Å². The molecule has 0 aliphatic carbocycles. The number of nitrogens with zero attached hydrogens (tertiary/aromatic N) is 2. The lowest BCUT2D eigenvalue weighted by Crippen LogP contribution is -2.45. The quantitative estimate of drug-likeness (QED) is 0.413. The van der Waals surface area contributed by atoms with Crippen LogP contribution in [-0.2, 0) is 17.7 Å². The lowest BCUT2D eigenvalue weighted by atomic mass is 9.96. The molecule has 1 atom stereocenters. The van der Waals surface area contributed by atoms with Crippen molar-refractivity contribution in [3.8, 4) is 0 Å². The van der Waals surface area contributed by atoms with E-state index in [2.05, 4.69) is 35.2 Å². The van der Waals surface area contributed by atoms with Crippen molar-refractivity contribution in [2.75, 3.05) is 32.0 Å². The third-order valence-electron chi connectivity index (χ3n) is 6.09. The summed E-state index contributed by atoms with van der Waals surface area (Å²) in [5, 5.41) is 7.94. The molecule has 0 spiro atoms. The summed E-state index contributed by atoms with van der Waals surface area (Å²) in [6.45, 7) is 4.53. The van der Waals surface area contributed by atoms with Crippen LogP contribution in [-0.4, -0.2) is 42.0 Å². The molecular formula is C23H31N5O. The van der Waals surface area contributed by atoms with Gasteiger partial charge in [-0.15, -0.1) is 0 Å². The van der Waals surface area contributed by atoms with Crippen molar-refractivity contribution >= 4 is 11.6 Å². The van der Waals surface area contributed by atoms with E-state index in [1.807, 2.05) is 23.1 Å². The molecule has 2 aromatic rings. The monoisotopic (exact) mass is 393 g/mol. The van der Waals surface area contributed by atoms with Gasteiger partial charge in [-0.2, -0.15) is 0 Å². The zero-order valence-electron chi connectivity index (χ0n) is 16.9. The molecular weight excluding hydrogens is 362 g/mol. The predicted molar refractivity (Wildman–Crippen MR) is 116 cm³/mol. The van der Waals surface area contributed by atoms with Gasteiger partial charge < -0.3 is 21.1 Å². The molecule has 0 amide bonds. The molecule has 6 nitrogen and oxygen atoms in total.